The fraction of sp³-hybridized carbons (Fsp3) is 0.0588. The predicted molar refractivity (Wildman–Crippen MR) is 102 cm³/mol. The first-order valence-corrected chi connectivity index (χ1v) is 9.23. The summed E-state index contributed by atoms with van der Waals surface area (Å²) in [6, 6.07) is 10.9. The van der Waals surface area contributed by atoms with Crippen molar-refractivity contribution < 1.29 is 4.79 Å². The highest BCUT2D eigenvalue weighted by molar-refractivity contribution is 7.13. The van der Waals surface area contributed by atoms with Gasteiger partial charge in [-0.1, -0.05) is 35.3 Å². The second-order valence-corrected chi connectivity index (χ2v) is 7.07. The van der Waals surface area contributed by atoms with E-state index in [1.807, 2.05) is 34.9 Å². The van der Waals surface area contributed by atoms with Gasteiger partial charge in [0.15, 0.2) is 11.5 Å². The molecule has 1 aromatic carbocycles. The molecule has 4 aromatic rings. The van der Waals surface area contributed by atoms with Gasteiger partial charge in [0.05, 0.1) is 16.6 Å². The van der Waals surface area contributed by atoms with Crippen LogP contribution >= 0.6 is 34.5 Å². The smallest absolute Gasteiger partial charge is 0.271 e. The van der Waals surface area contributed by atoms with Gasteiger partial charge in [-0.3, -0.25) is 9.20 Å². The third kappa shape index (κ3) is 3.29. The molecule has 0 aliphatic rings. The van der Waals surface area contributed by atoms with Crippen molar-refractivity contribution >= 4 is 46.1 Å². The number of aromatic nitrogens is 4. The number of thiazole rings is 1. The van der Waals surface area contributed by atoms with Gasteiger partial charge in [-0.05, 0) is 24.3 Å². The van der Waals surface area contributed by atoms with Crippen LogP contribution in [-0.2, 0) is 6.54 Å². The summed E-state index contributed by atoms with van der Waals surface area (Å²) in [5, 5.41) is 14.3. The molecule has 6 nitrogen and oxygen atoms in total. The van der Waals surface area contributed by atoms with Crippen molar-refractivity contribution in [3.63, 3.8) is 0 Å². The number of fused-ring (bicyclic) bond motifs is 1. The summed E-state index contributed by atoms with van der Waals surface area (Å²) >= 11 is 13.3. The average molecular weight is 404 g/mol. The van der Waals surface area contributed by atoms with Gasteiger partial charge in [0.25, 0.3) is 5.91 Å². The van der Waals surface area contributed by atoms with Gasteiger partial charge in [0, 0.05) is 17.1 Å². The molecule has 3 aromatic heterocycles. The molecule has 0 aliphatic heterocycles. The Hall–Kier alpha value is -2.48. The normalized spacial score (nSPS) is 11.0. The zero-order chi connectivity index (χ0) is 18.1. The molecule has 9 heteroatoms. The lowest BCUT2D eigenvalue weighted by molar-refractivity contribution is 0.0945. The molecule has 3 heterocycles. The van der Waals surface area contributed by atoms with E-state index in [0.717, 1.165) is 11.2 Å². The number of hydrogen-bond acceptors (Lipinski definition) is 5. The second kappa shape index (κ2) is 7.03. The predicted octanol–water partition coefficient (Wildman–Crippen LogP) is 4.09. The molecule has 0 radical (unpaired) electrons. The van der Waals surface area contributed by atoms with Gasteiger partial charge in [-0.15, -0.1) is 21.5 Å². The van der Waals surface area contributed by atoms with E-state index in [0.29, 0.717) is 26.6 Å². The molecule has 0 fully saturated rings. The zero-order valence-corrected chi connectivity index (χ0v) is 15.5. The lowest BCUT2D eigenvalue weighted by atomic mass is 10.2. The van der Waals surface area contributed by atoms with Gasteiger partial charge >= 0.3 is 0 Å². The SMILES string of the molecule is O=C(NCc1nnc2ccccn12)c1csc(-c2ccc(Cl)c(Cl)c2)n1. The number of amides is 1. The maximum atomic E-state index is 12.4. The molecule has 0 spiro atoms. The van der Waals surface area contributed by atoms with Gasteiger partial charge < -0.3 is 5.32 Å². The van der Waals surface area contributed by atoms with E-state index in [9.17, 15) is 4.79 Å². The van der Waals surface area contributed by atoms with Crippen molar-refractivity contribution in [2.75, 3.05) is 0 Å². The van der Waals surface area contributed by atoms with E-state index in [4.69, 9.17) is 23.2 Å². The van der Waals surface area contributed by atoms with Gasteiger partial charge in [0.1, 0.15) is 10.7 Å². The first-order chi connectivity index (χ1) is 12.6. The van der Waals surface area contributed by atoms with Crippen LogP contribution < -0.4 is 5.32 Å². The Morgan fingerprint density at radius 2 is 2.04 bits per heavy atom. The summed E-state index contributed by atoms with van der Waals surface area (Å²) in [6.07, 6.45) is 1.85. The van der Waals surface area contributed by atoms with Crippen molar-refractivity contribution in [3.05, 3.63) is 69.5 Å². The average Bonchev–Trinajstić information content (AvgIpc) is 3.29. The Morgan fingerprint density at radius 1 is 1.15 bits per heavy atom. The third-order valence-corrected chi connectivity index (χ3v) is 5.33. The number of pyridine rings is 1. The highest BCUT2D eigenvalue weighted by Crippen LogP contribution is 2.30. The standard InChI is InChI=1S/C17H11Cl2N5OS/c18-11-5-4-10(7-12(11)19)17-21-13(9-26-17)16(25)20-8-15-23-22-14-3-1-2-6-24(14)15/h1-7,9H,8H2,(H,20,25). The van der Waals surface area contributed by atoms with Crippen LogP contribution in [0.5, 0.6) is 0 Å². The number of carbonyl (C=O) groups is 1. The monoisotopic (exact) mass is 403 g/mol. The lowest BCUT2D eigenvalue weighted by Gasteiger charge is -2.02. The van der Waals surface area contributed by atoms with Crippen molar-refractivity contribution in [1.29, 1.82) is 0 Å². The number of halogens is 2. The topological polar surface area (TPSA) is 72.2 Å². The molecule has 26 heavy (non-hydrogen) atoms. The van der Waals surface area contributed by atoms with E-state index >= 15 is 0 Å². The van der Waals surface area contributed by atoms with Crippen molar-refractivity contribution in [2.24, 2.45) is 0 Å². The Labute approximate surface area is 162 Å². The van der Waals surface area contributed by atoms with E-state index in [1.54, 1.807) is 17.5 Å². The Kier molecular flexibility index (Phi) is 4.58. The molecule has 0 atom stereocenters. The number of hydrogen-bond donors (Lipinski definition) is 1. The van der Waals surface area contributed by atoms with Crippen LogP contribution in [0.2, 0.25) is 10.0 Å². The number of nitrogens with zero attached hydrogens (tertiary/aromatic N) is 4. The number of benzene rings is 1. The highest BCUT2D eigenvalue weighted by Gasteiger charge is 2.14. The molecule has 0 aliphatic carbocycles. The molecule has 1 N–H and O–H groups in total. The summed E-state index contributed by atoms with van der Waals surface area (Å²) in [7, 11) is 0. The van der Waals surface area contributed by atoms with Crippen LogP contribution in [0.25, 0.3) is 16.2 Å². The zero-order valence-electron chi connectivity index (χ0n) is 13.2. The maximum Gasteiger partial charge on any atom is 0.271 e. The summed E-state index contributed by atoms with van der Waals surface area (Å²) in [4.78, 5) is 16.7. The fourth-order valence-electron chi connectivity index (χ4n) is 2.40. The lowest BCUT2D eigenvalue weighted by Crippen LogP contribution is -2.24. The van der Waals surface area contributed by atoms with Crippen molar-refractivity contribution in [1.82, 2.24) is 24.9 Å². The Bertz CT molecular complexity index is 1110. The Balaban J connectivity index is 1.49. The van der Waals surface area contributed by atoms with Gasteiger partial charge in [-0.2, -0.15) is 0 Å². The molecule has 0 saturated carbocycles. The molecule has 1 amide bonds. The molecular formula is C17H11Cl2N5OS. The minimum absolute atomic E-state index is 0.254. The molecule has 0 saturated heterocycles. The Morgan fingerprint density at radius 3 is 2.88 bits per heavy atom. The first-order valence-electron chi connectivity index (χ1n) is 7.59. The van der Waals surface area contributed by atoms with Crippen LogP contribution in [0.4, 0.5) is 0 Å². The summed E-state index contributed by atoms with van der Waals surface area (Å²) in [6.45, 7) is 0.254. The molecule has 4 rings (SSSR count). The van der Waals surface area contributed by atoms with Crippen LogP contribution in [-0.4, -0.2) is 25.5 Å². The molecule has 0 bridgehead atoms. The largest absolute Gasteiger partial charge is 0.343 e. The van der Waals surface area contributed by atoms with Crippen LogP contribution in [0, 0.1) is 0 Å². The minimum Gasteiger partial charge on any atom is -0.343 e. The molecule has 0 unspecified atom stereocenters. The van der Waals surface area contributed by atoms with Crippen molar-refractivity contribution in [2.45, 2.75) is 6.54 Å². The van der Waals surface area contributed by atoms with Crippen LogP contribution in [0.15, 0.2) is 48.0 Å². The first kappa shape index (κ1) is 17.0. The third-order valence-electron chi connectivity index (χ3n) is 3.69. The van der Waals surface area contributed by atoms with E-state index in [-0.39, 0.29) is 12.5 Å². The quantitative estimate of drug-likeness (QED) is 0.556. The molecule has 130 valence electrons. The second-order valence-electron chi connectivity index (χ2n) is 5.39. The van der Waals surface area contributed by atoms with Gasteiger partial charge in [-0.25, -0.2) is 4.98 Å². The summed E-state index contributed by atoms with van der Waals surface area (Å²) in [5.74, 6) is 0.370. The van der Waals surface area contributed by atoms with Crippen molar-refractivity contribution in [3.8, 4) is 10.6 Å². The summed E-state index contributed by atoms with van der Waals surface area (Å²) in [5.41, 5.74) is 1.88. The van der Waals surface area contributed by atoms with Crippen LogP contribution in [0.3, 0.4) is 0 Å². The van der Waals surface area contributed by atoms with Crippen LogP contribution in [0.1, 0.15) is 16.3 Å². The van der Waals surface area contributed by atoms with E-state index in [2.05, 4.69) is 20.5 Å². The number of rotatable bonds is 4. The van der Waals surface area contributed by atoms with E-state index < -0.39 is 0 Å². The molecular weight excluding hydrogens is 393 g/mol. The van der Waals surface area contributed by atoms with Gasteiger partial charge in [0.2, 0.25) is 0 Å². The maximum absolute atomic E-state index is 12.4. The highest BCUT2D eigenvalue weighted by atomic mass is 35.5. The summed E-state index contributed by atoms with van der Waals surface area (Å²) < 4.78 is 1.82. The number of carbonyl (C=O) groups excluding carboxylic acids is 1. The van der Waals surface area contributed by atoms with E-state index in [1.165, 1.54) is 11.3 Å². The number of nitrogens with one attached hydrogen (secondary N) is 1. The minimum atomic E-state index is -0.278. The fourth-order valence-corrected chi connectivity index (χ4v) is 3.50.